The van der Waals surface area contributed by atoms with Crippen LogP contribution in [0.1, 0.15) is 43.5 Å². The Morgan fingerprint density at radius 2 is 1.95 bits per heavy atom. The molecule has 0 saturated carbocycles. The maximum absolute atomic E-state index is 15.6. The van der Waals surface area contributed by atoms with Gasteiger partial charge in [0.25, 0.3) is 0 Å². The summed E-state index contributed by atoms with van der Waals surface area (Å²) in [5, 5.41) is 1.74. The summed E-state index contributed by atoms with van der Waals surface area (Å²) in [6.45, 7) is 12.8. The predicted octanol–water partition coefficient (Wildman–Crippen LogP) is 3.85. The summed E-state index contributed by atoms with van der Waals surface area (Å²) in [6, 6.07) is 8.22. The molecule has 0 unspecified atom stereocenters. The van der Waals surface area contributed by atoms with E-state index in [-0.39, 0.29) is 34.1 Å². The molecule has 4 aromatic rings. The van der Waals surface area contributed by atoms with Crippen molar-refractivity contribution in [2.45, 2.75) is 39.7 Å². The van der Waals surface area contributed by atoms with Gasteiger partial charge in [-0.05, 0) is 55.2 Å². The molecule has 1 fully saturated rings. The fraction of sp³-hybridized carbons (Fsp3) is 0.281. The highest BCUT2D eigenvalue weighted by molar-refractivity contribution is 6.50. The molecule has 12 heteroatoms. The maximum atomic E-state index is 15.6. The summed E-state index contributed by atoms with van der Waals surface area (Å²) >= 11 is 6.94. The lowest BCUT2D eigenvalue weighted by Gasteiger charge is -2.40. The van der Waals surface area contributed by atoms with Gasteiger partial charge in [0.2, 0.25) is 5.91 Å². The SMILES string of the molecule is BC(B)=Cc1cccc(F)c1-c1nc2c(cc1Cl)c(N1CCN(C(=O)C=C)C[C@@H]1C)nc(=O)n2-c1c(C)ccnc1C(C)C. The van der Waals surface area contributed by atoms with Crippen molar-refractivity contribution in [2.75, 3.05) is 24.5 Å². The van der Waals surface area contributed by atoms with Crippen LogP contribution in [0.15, 0.2) is 59.3 Å². The van der Waals surface area contributed by atoms with E-state index < -0.39 is 11.5 Å². The first-order valence-electron chi connectivity index (χ1n) is 14.6. The Morgan fingerprint density at radius 3 is 2.61 bits per heavy atom. The van der Waals surface area contributed by atoms with Crippen LogP contribution in [-0.4, -0.2) is 71.7 Å². The average Bonchev–Trinajstić information content (AvgIpc) is 2.97. The topological polar surface area (TPSA) is 84.2 Å². The Morgan fingerprint density at radius 1 is 1.20 bits per heavy atom. The van der Waals surface area contributed by atoms with Crippen molar-refractivity contribution in [3.63, 3.8) is 0 Å². The van der Waals surface area contributed by atoms with E-state index in [9.17, 15) is 9.59 Å². The van der Waals surface area contributed by atoms with E-state index in [1.54, 1.807) is 23.2 Å². The zero-order valence-corrected chi connectivity index (χ0v) is 26.6. The summed E-state index contributed by atoms with van der Waals surface area (Å²) in [5.74, 6) is -0.228. The van der Waals surface area contributed by atoms with E-state index in [1.807, 2.05) is 66.5 Å². The first-order valence-corrected chi connectivity index (χ1v) is 15.0. The molecule has 44 heavy (non-hydrogen) atoms. The van der Waals surface area contributed by atoms with Crippen molar-refractivity contribution >= 4 is 56.1 Å². The molecule has 8 nitrogen and oxygen atoms in total. The lowest BCUT2D eigenvalue weighted by molar-refractivity contribution is -0.126. The number of hydrogen-bond donors (Lipinski definition) is 0. The Balaban J connectivity index is 1.86. The molecule has 1 aromatic carbocycles. The molecular formula is C32H34B2ClFN6O2. The standard InChI is InChI=1S/C32H34B2ClFN6O2/c1-6-25(43)40-12-13-41(19(5)16-40)30-21-15-22(35)28(26-20(14-24(33)34)8-7-9-23(26)36)38-31(21)42(32(44)39-30)29-18(4)10-11-37-27(29)17(2)3/h6-11,14-15,17,19H,1,12-13,16,33-34H2,2-5H3/t19-/m0/s1. The van der Waals surface area contributed by atoms with Crippen LogP contribution in [0.4, 0.5) is 10.2 Å². The second-order valence-electron chi connectivity index (χ2n) is 11.7. The van der Waals surface area contributed by atoms with Crippen LogP contribution < -0.4 is 10.6 Å². The smallest absolute Gasteiger partial charge is 0.350 e. The minimum atomic E-state index is -0.541. The van der Waals surface area contributed by atoms with Gasteiger partial charge >= 0.3 is 5.69 Å². The first-order chi connectivity index (χ1) is 20.9. The number of piperazine rings is 1. The number of pyridine rings is 2. The second kappa shape index (κ2) is 12.4. The Hall–Kier alpha value is -4.24. The average molecular weight is 611 g/mol. The highest BCUT2D eigenvalue weighted by Gasteiger charge is 2.30. The third-order valence-electron chi connectivity index (χ3n) is 7.84. The van der Waals surface area contributed by atoms with E-state index >= 15 is 4.39 Å². The summed E-state index contributed by atoms with van der Waals surface area (Å²) in [7, 11) is 3.86. The summed E-state index contributed by atoms with van der Waals surface area (Å²) in [6.07, 6.45) is 4.90. The molecule has 1 aliphatic rings. The minimum absolute atomic E-state index is 0.00960. The van der Waals surface area contributed by atoms with Gasteiger partial charge in [0.15, 0.2) is 5.65 Å². The lowest BCUT2D eigenvalue weighted by Crippen LogP contribution is -2.54. The van der Waals surface area contributed by atoms with Gasteiger partial charge in [-0.3, -0.25) is 9.78 Å². The van der Waals surface area contributed by atoms with Crippen LogP contribution in [0.2, 0.25) is 5.02 Å². The van der Waals surface area contributed by atoms with Crippen molar-refractivity contribution in [3.05, 3.63) is 92.7 Å². The van der Waals surface area contributed by atoms with Gasteiger partial charge in [-0.25, -0.2) is 18.7 Å². The normalized spacial score (nSPS) is 15.1. The predicted molar refractivity (Wildman–Crippen MR) is 181 cm³/mol. The lowest BCUT2D eigenvalue weighted by atomic mass is 9.77. The Bertz CT molecular complexity index is 1890. The summed E-state index contributed by atoms with van der Waals surface area (Å²) in [4.78, 5) is 44.4. The number of carbonyl (C=O) groups is 1. The third-order valence-corrected chi connectivity index (χ3v) is 8.13. The first kappa shape index (κ1) is 31.2. The number of aromatic nitrogens is 4. The van der Waals surface area contributed by atoms with E-state index in [0.29, 0.717) is 53.4 Å². The fourth-order valence-corrected chi connectivity index (χ4v) is 6.06. The van der Waals surface area contributed by atoms with Crippen LogP contribution in [0, 0.1) is 12.7 Å². The van der Waals surface area contributed by atoms with Gasteiger partial charge in [-0.2, -0.15) is 4.98 Å². The summed E-state index contributed by atoms with van der Waals surface area (Å²) in [5.41, 5.74) is 2.96. The molecule has 0 spiro atoms. The number of rotatable bonds is 6. The van der Waals surface area contributed by atoms with E-state index in [2.05, 4.69) is 16.5 Å². The van der Waals surface area contributed by atoms with Gasteiger partial charge in [-0.1, -0.05) is 50.2 Å². The maximum Gasteiger partial charge on any atom is 0.355 e. The highest BCUT2D eigenvalue weighted by Crippen LogP contribution is 2.38. The number of aryl methyl sites for hydroxylation is 1. The molecule has 4 heterocycles. The van der Waals surface area contributed by atoms with Crippen LogP contribution in [0.5, 0.6) is 0 Å². The van der Waals surface area contributed by atoms with Crippen molar-refractivity contribution in [3.8, 4) is 16.9 Å². The van der Waals surface area contributed by atoms with Crippen molar-refractivity contribution in [1.82, 2.24) is 24.4 Å². The van der Waals surface area contributed by atoms with E-state index in [0.717, 1.165) is 10.9 Å². The number of anilines is 1. The molecule has 0 aliphatic carbocycles. The Labute approximate surface area is 263 Å². The molecule has 0 radical (unpaired) electrons. The highest BCUT2D eigenvalue weighted by atomic mass is 35.5. The van der Waals surface area contributed by atoms with Crippen LogP contribution in [0.25, 0.3) is 34.1 Å². The van der Waals surface area contributed by atoms with Crippen LogP contribution in [-0.2, 0) is 4.79 Å². The van der Waals surface area contributed by atoms with Crippen molar-refractivity contribution in [1.29, 1.82) is 0 Å². The second-order valence-corrected chi connectivity index (χ2v) is 12.1. The van der Waals surface area contributed by atoms with Crippen molar-refractivity contribution in [2.24, 2.45) is 0 Å². The number of nitrogens with zero attached hydrogens (tertiary/aromatic N) is 6. The number of benzene rings is 1. The van der Waals surface area contributed by atoms with Gasteiger partial charge < -0.3 is 9.80 Å². The molecule has 1 saturated heterocycles. The van der Waals surface area contributed by atoms with Gasteiger partial charge in [0.1, 0.15) is 27.3 Å². The molecule has 0 bridgehead atoms. The van der Waals surface area contributed by atoms with Gasteiger partial charge in [0, 0.05) is 37.4 Å². The number of hydrogen-bond acceptors (Lipinski definition) is 6. The number of fused-ring (bicyclic) bond motifs is 1. The van der Waals surface area contributed by atoms with Crippen LogP contribution >= 0.6 is 11.6 Å². The van der Waals surface area contributed by atoms with Gasteiger partial charge in [-0.15, -0.1) is 5.37 Å². The summed E-state index contributed by atoms with van der Waals surface area (Å²) < 4.78 is 17.1. The zero-order valence-electron chi connectivity index (χ0n) is 25.9. The fourth-order valence-electron chi connectivity index (χ4n) is 5.81. The number of halogens is 2. The molecule has 224 valence electrons. The molecule has 1 amide bonds. The molecule has 1 atom stereocenters. The monoisotopic (exact) mass is 610 g/mol. The number of amides is 1. The molecule has 1 aliphatic heterocycles. The van der Waals surface area contributed by atoms with E-state index in [4.69, 9.17) is 16.6 Å². The molecule has 5 rings (SSSR count). The Kier molecular flexibility index (Phi) is 8.79. The quantitative estimate of drug-likeness (QED) is 0.244. The largest absolute Gasteiger partial charge is 0.355 e. The number of carbonyl (C=O) groups excluding carboxylic acids is 1. The van der Waals surface area contributed by atoms with Crippen LogP contribution in [0.3, 0.4) is 0 Å². The zero-order chi connectivity index (χ0) is 31.9. The molecule has 3 aromatic heterocycles. The third kappa shape index (κ3) is 5.68. The minimum Gasteiger partial charge on any atom is -0.350 e. The van der Waals surface area contributed by atoms with Gasteiger partial charge in [0.05, 0.1) is 27.5 Å². The molecular weight excluding hydrogens is 576 g/mol. The van der Waals surface area contributed by atoms with Crippen molar-refractivity contribution < 1.29 is 9.18 Å². The van der Waals surface area contributed by atoms with E-state index in [1.165, 1.54) is 16.7 Å². The molecule has 0 N–H and O–H groups in total.